The number of sulfone groups is 1. The molecular formula is C14H18ClF2NO2S. The van der Waals surface area contributed by atoms with Gasteiger partial charge in [0.1, 0.15) is 0 Å². The first kappa shape index (κ1) is 16.5. The van der Waals surface area contributed by atoms with Crippen LogP contribution < -0.4 is 5.32 Å². The van der Waals surface area contributed by atoms with Crippen molar-refractivity contribution in [2.75, 3.05) is 11.9 Å². The summed E-state index contributed by atoms with van der Waals surface area (Å²) in [5.74, 6) is -3.02. The Morgan fingerprint density at radius 1 is 1.19 bits per heavy atom. The molecule has 0 amide bonds. The highest BCUT2D eigenvalue weighted by atomic mass is 35.5. The van der Waals surface area contributed by atoms with Crippen molar-refractivity contribution >= 4 is 27.1 Å². The highest BCUT2D eigenvalue weighted by molar-refractivity contribution is 7.91. The maximum Gasteiger partial charge on any atom is 0.341 e. The van der Waals surface area contributed by atoms with E-state index in [0.717, 1.165) is 25.7 Å². The molecule has 1 aromatic carbocycles. The van der Waals surface area contributed by atoms with Crippen molar-refractivity contribution < 1.29 is 17.2 Å². The zero-order valence-corrected chi connectivity index (χ0v) is 13.0. The third-order valence-corrected chi connectivity index (χ3v) is 5.66. The monoisotopic (exact) mass is 337 g/mol. The topological polar surface area (TPSA) is 46.2 Å². The Morgan fingerprint density at radius 2 is 1.81 bits per heavy atom. The Hall–Kier alpha value is -0.880. The number of rotatable bonds is 5. The minimum Gasteiger partial charge on any atom is -0.384 e. The highest BCUT2D eigenvalue weighted by Gasteiger charge is 2.29. The van der Waals surface area contributed by atoms with Crippen LogP contribution in [0, 0.1) is 5.92 Å². The largest absolute Gasteiger partial charge is 0.384 e. The summed E-state index contributed by atoms with van der Waals surface area (Å²) in [5, 5.41) is 3.22. The molecule has 1 saturated carbocycles. The third-order valence-electron chi connectivity index (χ3n) is 3.79. The Labute approximate surface area is 128 Å². The van der Waals surface area contributed by atoms with E-state index in [9.17, 15) is 17.2 Å². The molecule has 1 fully saturated rings. The van der Waals surface area contributed by atoms with Crippen LogP contribution in [0.1, 0.15) is 25.7 Å². The summed E-state index contributed by atoms with van der Waals surface area (Å²) in [5.41, 5.74) is 0.241. The number of benzene rings is 1. The van der Waals surface area contributed by atoms with Crippen LogP contribution in [-0.4, -0.2) is 26.1 Å². The van der Waals surface area contributed by atoms with E-state index in [1.807, 2.05) is 0 Å². The third kappa shape index (κ3) is 4.07. The maximum absolute atomic E-state index is 12.7. The van der Waals surface area contributed by atoms with E-state index in [0.29, 0.717) is 12.5 Å². The van der Waals surface area contributed by atoms with Gasteiger partial charge in [-0.2, -0.15) is 8.78 Å². The van der Waals surface area contributed by atoms with Gasteiger partial charge in [-0.1, -0.05) is 12.1 Å². The van der Waals surface area contributed by atoms with Gasteiger partial charge in [0.2, 0.25) is 9.84 Å². The van der Waals surface area contributed by atoms with Crippen LogP contribution in [0.15, 0.2) is 29.2 Å². The van der Waals surface area contributed by atoms with Gasteiger partial charge >= 0.3 is 5.76 Å². The second kappa shape index (κ2) is 6.92. The van der Waals surface area contributed by atoms with Gasteiger partial charge in [-0.3, -0.25) is 0 Å². The molecule has 0 unspecified atom stereocenters. The fourth-order valence-electron chi connectivity index (χ4n) is 2.54. The molecule has 1 N–H and O–H groups in total. The summed E-state index contributed by atoms with van der Waals surface area (Å²) >= 11 is 6.04. The van der Waals surface area contributed by atoms with Gasteiger partial charge < -0.3 is 5.32 Å². The van der Waals surface area contributed by atoms with Gasteiger partial charge in [0.05, 0.1) is 10.6 Å². The van der Waals surface area contributed by atoms with Crippen molar-refractivity contribution in [3.63, 3.8) is 0 Å². The lowest BCUT2D eigenvalue weighted by Gasteiger charge is -2.25. The van der Waals surface area contributed by atoms with E-state index in [-0.39, 0.29) is 16.0 Å². The van der Waals surface area contributed by atoms with E-state index in [2.05, 4.69) is 5.32 Å². The van der Waals surface area contributed by atoms with Gasteiger partial charge in [-0.15, -0.1) is 11.6 Å². The quantitative estimate of drug-likeness (QED) is 0.829. The summed E-state index contributed by atoms with van der Waals surface area (Å²) in [4.78, 5) is -0.342. The molecule has 1 aromatic rings. The number of anilines is 1. The van der Waals surface area contributed by atoms with Crippen molar-refractivity contribution in [2.45, 2.75) is 41.7 Å². The Kier molecular flexibility index (Phi) is 5.43. The molecule has 0 atom stereocenters. The summed E-state index contributed by atoms with van der Waals surface area (Å²) in [6, 6.07) is 5.80. The second-order valence-corrected chi connectivity index (χ2v) is 7.80. The molecule has 0 spiro atoms. The van der Waals surface area contributed by atoms with E-state index in [4.69, 9.17) is 11.6 Å². The van der Waals surface area contributed by atoms with Crippen molar-refractivity contribution in [2.24, 2.45) is 5.92 Å². The van der Waals surface area contributed by atoms with Crippen molar-refractivity contribution in [3.05, 3.63) is 24.3 Å². The normalized spacial score (nSPS) is 23.2. The fourth-order valence-corrected chi connectivity index (χ4v) is 3.70. The molecule has 0 aliphatic heterocycles. The van der Waals surface area contributed by atoms with Crippen molar-refractivity contribution in [1.82, 2.24) is 0 Å². The van der Waals surface area contributed by atoms with Crippen molar-refractivity contribution in [3.8, 4) is 0 Å². The van der Waals surface area contributed by atoms with Crippen LogP contribution in [0.2, 0.25) is 0 Å². The summed E-state index contributed by atoms with van der Waals surface area (Å²) in [7, 11) is -4.59. The smallest absolute Gasteiger partial charge is 0.341 e. The van der Waals surface area contributed by atoms with Crippen LogP contribution in [-0.2, 0) is 9.84 Å². The molecule has 21 heavy (non-hydrogen) atoms. The molecule has 0 aromatic heterocycles. The van der Waals surface area contributed by atoms with Gasteiger partial charge in [-0.25, -0.2) is 8.42 Å². The highest BCUT2D eigenvalue weighted by Crippen LogP contribution is 2.30. The molecule has 0 heterocycles. The average Bonchev–Trinajstić information content (AvgIpc) is 2.47. The predicted octanol–water partition coefficient (Wildman–Crippen LogP) is 3.89. The number of nitrogens with one attached hydrogen (secondary N) is 1. The molecule has 1 aliphatic rings. The molecule has 118 valence electrons. The molecule has 7 heteroatoms. The number of halogens is 3. The first-order chi connectivity index (χ1) is 9.91. The van der Waals surface area contributed by atoms with Gasteiger partial charge in [0.15, 0.2) is 0 Å². The van der Waals surface area contributed by atoms with E-state index in [1.54, 1.807) is 6.07 Å². The average molecular weight is 338 g/mol. The molecule has 3 nitrogen and oxygen atoms in total. The van der Waals surface area contributed by atoms with Gasteiger partial charge in [-0.05, 0) is 43.7 Å². The van der Waals surface area contributed by atoms with Crippen LogP contribution >= 0.6 is 11.6 Å². The predicted molar refractivity (Wildman–Crippen MR) is 79.7 cm³/mol. The van der Waals surface area contributed by atoms with Crippen LogP contribution in [0.3, 0.4) is 0 Å². The maximum atomic E-state index is 12.7. The zero-order chi connectivity index (χ0) is 15.5. The Morgan fingerprint density at radius 3 is 2.43 bits per heavy atom. The number of hydrogen-bond acceptors (Lipinski definition) is 3. The van der Waals surface area contributed by atoms with Gasteiger partial charge in [0.25, 0.3) is 0 Å². The van der Waals surface area contributed by atoms with Crippen molar-refractivity contribution in [1.29, 1.82) is 0 Å². The Bertz CT molecular complexity index is 572. The van der Waals surface area contributed by atoms with E-state index >= 15 is 0 Å². The SMILES string of the molecule is O=S(=O)(c1ccccc1NCC1CCC(Cl)CC1)C(F)F. The first-order valence-corrected chi connectivity index (χ1v) is 8.88. The Balaban J connectivity index is 2.07. The van der Waals surface area contributed by atoms with Gasteiger partial charge in [0, 0.05) is 11.9 Å². The minimum absolute atomic E-state index is 0.216. The van der Waals surface area contributed by atoms with E-state index in [1.165, 1.54) is 18.2 Å². The number of para-hydroxylation sites is 1. The fraction of sp³-hybridized carbons (Fsp3) is 0.571. The number of hydrogen-bond donors (Lipinski definition) is 1. The summed E-state index contributed by atoms with van der Waals surface area (Å²) in [6.07, 6.45) is 3.80. The number of alkyl halides is 3. The van der Waals surface area contributed by atoms with E-state index < -0.39 is 15.6 Å². The molecule has 0 saturated heterocycles. The zero-order valence-electron chi connectivity index (χ0n) is 11.4. The van der Waals surface area contributed by atoms with Crippen LogP contribution in [0.25, 0.3) is 0 Å². The summed E-state index contributed by atoms with van der Waals surface area (Å²) < 4.78 is 48.7. The van der Waals surface area contributed by atoms with Crippen LogP contribution in [0.5, 0.6) is 0 Å². The minimum atomic E-state index is -4.59. The second-order valence-electron chi connectivity index (χ2n) is 5.30. The molecular weight excluding hydrogens is 320 g/mol. The van der Waals surface area contributed by atoms with Crippen LogP contribution in [0.4, 0.5) is 14.5 Å². The summed E-state index contributed by atoms with van der Waals surface area (Å²) in [6.45, 7) is 0.569. The lowest BCUT2D eigenvalue weighted by molar-refractivity contribution is 0.235. The molecule has 0 radical (unpaired) electrons. The standard InChI is InChI=1S/C14H18ClF2NO2S/c15-11-7-5-10(6-8-11)9-18-12-3-1-2-4-13(12)21(19,20)14(16)17/h1-4,10-11,14,18H,5-9H2. The lowest BCUT2D eigenvalue weighted by atomic mass is 9.89. The molecule has 0 bridgehead atoms. The lowest BCUT2D eigenvalue weighted by Crippen LogP contribution is -2.22. The molecule has 1 aliphatic carbocycles. The first-order valence-electron chi connectivity index (χ1n) is 6.90. The molecule has 2 rings (SSSR count).